The predicted molar refractivity (Wildman–Crippen MR) is 248 cm³/mol. The van der Waals surface area contributed by atoms with Crippen molar-refractivity contribution in [1.82, 2.24) is 9.80 Å². The highest BCUT2D eigenvalue weighted by molar-refractivity contribution is 14.1. The lowest BCUT2D eigenvalue weighted by atomic mass is 10.1. The van der Waals surface area contributed by atoms with Crippen LogP contribution in [0.1, 0.15) is 54.5 Å². The van der Waals surface area contributed by atoms with Crippen molar-refractivity contribution in [3.63, 3.8) is 0 Å². The maximum atomic E-state index is 12.5. The first-order chi connectivity index (χ1) is 29.4. The summed E-state index contributed by atoms with van der Waals surface area (Å²) in [6.07, 6.45) is 4.59. The molecule has 0 radical (unpaired) electrons. The summed E-state index contributed by atoms with van der Waals surface area (Å²) in [5, 5.41) is 19.4. The van der Waals surface area contributed by atoms with Crippen LogP contribution in [-0.2, 0) is 25.6 Å². The second-order valence-electron chi connectivity index (χ2n) is 13.9. The van der Waals surface area contributed by atoms with Gasteiger partial charge in [0.05, 0.1) is 65.7 Å². The number of rotatable bonds is 12. The molecule has 0 spiro atoms. The number of anilines is 1. The Morgan fingerprint density at radius 3 is 1.74 bits per heavy atom. The van der Waals surface area contributed by atoms with Crippen LogP contribution in [0.4, 0.5) is 17.1 Å². The van der Waals surface area contributed by atoms with Gasteiger partial charge < -0.3 is 19.3 Å². The first kappa shape index (κ1) is 44.7. The van der Waals surface area contributed by atoms with Gasteiger partial charge in [-0.15, -0.1) is 0 Å². The second kappa shape index (κ2) is 19.7. The van der Waals surface area contributed by atoms with E-state index in [1.54, 1.807) is 68.1 Å². The van der Waals surface area contributed by atoms with Crippen LogP contribution in [0, 0.1) is 22.7 Å². The quantitative estimate of drug-likeness (QED) is 0.100. The number of fused-ring (bicyclic) bond motifs is 6. The number of amidine groups is 2. The molecule has 0 amide bonds. The molecule has 18 heteroatoms. The fraction of sp³-hybridized carbons (Fsp3) is 0.302. The van der Waals surface area contributed by atoms with Gasteiger partial charge >= 0.3 is 0 Å². The van der Waals surface area contributed by atoms with Crippen molar-refractivity contribution >= 4 is 83.9 Å². The Morgan fingerprint density at radius 1 is 0.721 bits per heavy atom. The normalized spacial score (nSPS) is 14.3. The van der Waals surface area contributed by atoms with E-state index >= 15 is 0 Å². The average molecular weight is 974 g/mol. The molecule has 61 heavy (non-hydrogen) atoms. The Morgan fingerprint density at radius 2 is 1.23 bits per heavy atom. The molecule has 0 bridgehead atoms. The summed E-state index contributed by atoms with van der Waals surface area (Å²) < 4.78 is 62.5. The minimum absolute atomic E-state index is 0.00338. The van der Waals surface area contributed by atoms with Gasteiger partial charge in [-0.1, -0.05) is 54.6 Å². The summed E-state index contributed by atoms with van der Waals surface area (Å²) >= 11 is 2.15. The van der Waals surface area contributed by atoms with Gasteiger partial charge in [0.1, 0.15) is 52.4 Å². The standard InChI is InChI=1S/C21H21N5O3S.C21H20N4O3S.CH3I/c1-3-11-30(27,28)25(2)19-5-4-6-20(17(19)13-22)29-15-7-8-18-16(12-15)21-23-9-10-26(21)14-24-18;1-2-10-29(26,27)13-15-4-3-5-20(18(15)12-22)28-16-6-7-19-17(11-16)21-23-8-9-25(21)14-24-19;1-2/h4-8,12,14H,3,9-11H2,1-2H3;3-7,11,14H,2,8-10,13H2,1H3;1H3. The Kier molecular flexibility index (Phi) is 14.4. The van der Waals surface area contributed by atoms with E-state index in [0.29, 0.717) is 42.2 Å². The van der Waals surface area contributed by atoms with E-state index in [9.17, 15) is 27.4 Å². The molecule has 15 nitrogen and oxygen atoms in total. The zero-order chi connectivity index (χ0) is 43.7. The van der Waals surface area contributed by atoms with E-state index in [0.717, 1.165) is 58.1 Å². The first-order valence-corrected chi connectivity index (χ1v) is 25.0. The molecule has 0 saturated carbocycles. The maximum absolute atomic E-state index is 12.5. The van der Waals surface area contributed by atoms with Gasteiger partial charge in [0.25, 0.3) is 0 Å². The van der Waals surface area contributed by atoms with Crippen LogP contribution >= 0.6 is 22.6 Å². The Bertz CT molecular complexity index is 2740. The zero-order valence-electron chi connectivity index (χ0n) is 34.1. The molecule has 0 fully saturated rings. The number of alkyl halides is 1. The van der Waals surface area contributed by atoms with Gasteiger partial charge in [0.2, 0.25) is 10.0 Å². The van der Waals surface area contributed by atoms with Gasteiger partial charge in [0.15, 0.2) is 9.84 Å². The largest absolute Gasteiger partial charge is 0.456 e. The molecule has 4 aliphatic rings. The van der Waals surface area contributed by atoms with Gasteiger partial charge in [-0.2, -0.15) is 10.5 Å². The van der Waals surface area contributed by atoms with Crippen molar-refractivity contribution in [3.05, 3.63) is 101 Å². The Hall–Kier alpha value is -5.83. The van der Waals surface area contributed by atoms with E-state index in [1.165, 1.54) is 7.05 Å². The molecule has 0 N–H and O–H groups in total. The van der Waals surface area contributed by atoms with Crippen LogP contribution < -0.4 is 13.8 Å². The number of hydrogen-bond donors (Lipinski definition) is 0. The molecule has 0 saturated heterocycles. The molecule has 0 aromatic heterocycles. The SMILES string of the molecule is CCCS(=O)(=O)Cc1cccc(Oc2ccc3c(c2)C2=NCCN2C=N3)c1C#N.CCCS(=O)(=O)N(C)c1cccc(Oc2ccc3c(c2)C2=NCCN2C=N3)c1C#N.CI. The number of nitrogens with zero attached hydrogens (tertiary/aromatic N) is 9. The number of sulfonamides is 1. The number of halogens is 1. The summed E-state index contributed by atoms with van der Waals surface area (Å²) in [4.78, 5) is 23.9. The predicted octanol–water partition coefficient (Wildman–Crippen LogP) is 7.72. The number of hydrogen-bond acceptors (Lipinski definition) is 14. The number of ether oxygens (including phenoxy) is 2. The lowest BCUT2D eigenvalue weighted by molar-refractivity contribution is 0.480. The van der Waals surface area contributed by atoms with Crippen LogP contribution in [0.5, 0.6) is 23.0 Å². The summed E-state index contributed by atoms with van der Waals surface area (Å²) in [6.45, 7) is 6.65. The highest BCUT2D eigenvalue weighted by atomic mass is 127. The molecule has 8 rings (SSSR count). The molecular formula is C43H44IN9O6S2. The van der Waals surface area contributed by atoms with Gasteiger partial charge in [-0.3, -0.25) is 14.3 Å². The monoisotopic (exact) mass is 973 g/mol. The summed E-state index contributed by atoms with van der Waals surface area (Å²) in [5.41, 5.74) is 4.50. The molecule has 0 unspecified atom stereocenters. The molecule has 0 atom stereocenters. The number of aliphatic imine (C=N–C) groups is 4. The fourth-order valence-electron chi connectivity index (χ4n) is 6.94. The lowest BCUT2D eigenvalue weighted by Crippen LogP contribution is -2.29. The molecular weight excluding hydrogens is 930 g/mol. The molecule has 0 aliphatic carbocycles. The van der Waals surface area contributed by atoms with Crippen molar-refractivity contribution in [1.29, 1.82) is 10.5 Å². The summed E-state index contributed by atoms with van der Waals surface area (Å²) in [6, 6.07) is 25.1. The third-order valence-corrected chi connectivity index (χ3v) is 13.5. The minimum Gasteiger partial charge on any atom is -0.456 e. The minimum atomic E-state index is -3.52. The van der Waals surface area contributed by atoms with Crippen molar-refractivity contribution in [2.24, 2.45) is 20.0 Å². The topological polar surface area (TPSA) is 193 Å². The van der Waals surface area contributed by atoms with Crippen LogP contribution in [0.3, 0.4) is 0 Å². The van der Waals surface area contributed by atoms with E-state index < -0.39 is 19.9 Å². The lowest BCUT2D eigenvalue weighted by Gasteiger charge is -2.22. The molecule has 4 aromatic carbocycles. The summed E-state index contributed by atoms with van der Waals surface area (Å²) in [5.74, 6) is 3.32. The first-order valence-electron chi connectivity index (χ1n) is 19.4. The van der Waals surface area contributed by atoms with E-state index in [4.69, 9.17) is 9.47 Å². The zero-order valence-corrected chi connectivity index (χ0v) is 37.9. The van der Waals surface area contributed by atoms with Gasteiger partial charge in [-0.05, 0) is 77.9 Å². The molecule has 4 heterocycles. The second-order valence-corrected chi connectivity index (χ2v) is 18.2. The molecule has 316 valence electrons. The highest BCUT2D eigenvalue weighted by Gasteiger charge is 2.27. The van der Waals surface area contributed by atoms with Gasteiger partial charge in [-0.25, -0.2) is 26.8 Å². The van der Waals surface area contributed by atoms with Gasteiger partial charge in [0, 0.05) is 31.3 Å². The van der Waals surface area contributed by atoms with E-state index in [1.807, 2.05) is 45.9 Å². The number of sulfone groups is 1. The van der Waals surface area contributed by atoms with Crippen LogP contribution in [-0.4, -0.2) is 101 Å². The summed E-state index contributed by atoms with van der Waals surface area (Å²) in [7, 11) is -5.34. The van der Waals surface area contributed by atoms with E-state index in [2.05, 4.69) is 54.7 Å². The van der Waals surface area contributed by atoms with Crippen molar-refractivity contribution < 1.29 is 26.3 Å². The highest BCUT2D eigenvalue weighted by Crippen LogP contribution is 2.37. The van der Waals surface area contributed by atoms with Crippen molar-refractivity contribution in [2.45, 2.75) is 32.4 Å². The third-order valence-electron chi connectivity index (χ3n) is 9.74. The Labute approximate surface area is 370 Å². The molecule has 4 aromatic rings. The van der Waals surface area contributed by atoms with Crippen LogP contribution in [0.15, 0.2) is 92.8 Å². The molecule has 4 aliphatic heterocycles. The van der Waals surface area contributed by atoms with Crippen LogP contribution in [0.2, 0.25) is 0 Å². The van der Waals surface area contributed by atoms with E-state index in [-0.39, 0.29) is 39.8 Å². The number of benzene rings is 4. The van der Waals surface area contributed by atoms with Crippen LogP contribution in [0.25, 0.3) is 0 Å². The fourth-order valence-corrected chi connectivity index (χ4v) is 9.66. The van der Waals surface area contributed by atoms with Crippen molar-refractivity contribution in [2.75, 3.05) is 54.0 Å². The third kappa shape index (κ3) is 10.0. The average Bonchev–Trinajstić information content (AvgIpc) is 3.95. The maximum Gasteiger partial charge on any atom is 0.234 e. The number of nitriles is 2. The Balaban J connectivity index is 0.000000196. The van der Waals surface area contributed by atoms with Crippen molar-refractivity contribution in [3.8, 4) is 35.1 Å². The smallest absolute Gasteiger partial charge is 0.234 e.